The summed E-state index contributed by atoms with van der Waals surface area (Å²) in [6.45, 7) is 5.82. The minimum atomic E-state index is -0.637. The van der Waals surface area contributed by atoms with Gasteiger partial charge in [0.2, 0.25) is 0 Å². The lowest BCUT2D eigenvalue weighted by Gasteiger charge is -2.29. The number of amides is 4. The number of hydrogen-bond acceptors (Lipinski definition) is 6. The third-order valence-electron chi connectivity index (χ3n) is 5.56. The highest BCUT2D eigenvalue weighted by molar-refractivity contribution is 5.87. The van der Waals surface area contributed by atoms with Crippen LogP contribution in [0.5, 0.6) is 0 Å². The molecule has 28 heavy (non-hydrogen) atoms. The van der Waals surface area contributed by atoms with E-state index >= 15 is 0 Å². The van der Waals surface area contributed by atoms with Gasteiger partial charge in [0.05, 0.1) is 12.1 Å². The zero-order chi connectivity index (χ0) is 20.6. The second kappa shape index (κ2) is 7.75. The fourth-order valence-electron chi connectivity index (χ4n) is 3.99. The molecule has 0 aromatic carbocycles. The van der Waals surface area contributed by atoms with Crippen LogP contribution in [0.1, 0.15) is 52.9 Å². The quantitative estimate of drug-likeness (QED) is 0.548. The van der Waals surface area contributed by atoms with Crippen LogP contribution in [-0.2, 0) is 14.4 Å². The molecule has 2 aliphatic heterocycles. The van der Waals surface area contributed by atoms with Crippen molar-refractivity contribution in [2.24, 2.45) is 0 Å². The van der Waals surface area contributed by atoms with E-state index in [1.54, 1.807) is 11.9 Å². The molecule has 2 bridgehead atoms. The van der Waals surface area contributed by atoms with Crippen molar-refractivity contribution in [1.82, 2.24) is 20.3 Å². The smallest absolute Gasteiger partial charge is 0.410 e. The van der Waals surface area contributed by atoms with Gasteiger partial charge in [-0.1, -0.05) is 0 Å². The molecule has 2 N–H and O–H groups in total. The molecular formula is C18H30N4O6. The minimum Gasteiger partial charge on any atom is -0.444 e. The van der Waals surface area contributed by atoms with Gasteiger partial charge in [0.1, 0.15) is 11.6 Å². The van der Waals surface area contributed by atoms with E-state index in [0.717, 1.165) is 6.42 Å². The molecule has 1 aliphatic carbocycles. The molecule has 10 heteroatoms. The number of nitrogens with zero attached hydrogens (tertiary/aromatic N) is 3. The predicted octanol–water partition coefficient (Wildman–Crippen LogP) is 1.48. The minimum absolute atomic E-state index is 0.0182. The Morgan fingerprint density at radius 1 is 1.21 bits per heavy atom. The first-order valence-electron chi connectivity index (χ1n) is 9.77. The van der Waals surface area contributed by atoms with Crippen LogP contribution in [0.2, 0.25) is 0 Å². The average molecular weight is 398 g/mol. The monoisotopic (exact) mass is 398 g/mol. The van der Waals surface area contributed by atoms with Gasteiger partial charge < -0.3 is 14.5 Å². The zero-order valence-electron chi connectivity index (χ0n) is 16.9. The lowest BCUT2D eigenvalue weighted by atomic mass is 10.0. The molecular weight excluding hydrogens is 368 g/mol. The molecule has 0 spiro atoms. The van der Waals surface area contributed by atoms with Gasteiger partial charge in [0.25, 0.3) is 5.91 Å². The van der Waals surface area contributed by atoms with Gasteiger partial charge in [0, 0.05) is 19.6 Å². The first-order valence-corrected chi connectivity index (χ1v) is 9.77. The van der Waals surface area contributed by atoms with Crippen LogP contribution < -0.4 is 5.48 Å². The molecule has 0 aromatic heterocycles. The number of hydrogen-bond donors (Lipinski definition) is 2. The van der Waals surface area contributed by atoms with Crippen LogP contribution in [0.25, 0.3) is 0 Å². The summed E-state index contributed by atoms with van der Waals surface area (Å²) in [5.74, 6) is -0.383. The number of rotatable bonds is 4. The lowest BCUT2D eigenvalue weighted by molar-refractivity contribution is -0.143. The van der Waals surface area contributed by atoms with E-state index in [1.165, 1.54) is 4.90 Å². The lowest BCUT2D eigenvalue weighted by Crippen LogP contribution is -2.50. The van der Waals surface area contributed by atoms with Gasteiger partial charge >= 0.3 is 12.1 Å². The SMILES string of the molecule is CN(C(=O)OC(C)(C)C)C1CCC(ONC(=O)C2CCC3CN2C(=O)N3O)C1. The van der Waals surface area contributed by atoms with Gasteiger partial charge in [-0.3, -0.25) is 14.8 Å². The molecule has 0 aromatic rings. The second-order valence-electron chi connectivity index (χ2n) is 8.79. The van der Waals surface area contributed by atoms with Crippen molar-refractivity contribution in [1.29, 1.82) is 0 Å². The van der Waals surface area contributed by atoms with Crippen molar-refractivity contribution in [3.05, 3.63) is 0 Å². The molecule has 4 amide bonds. The van der Waals surface area contributed by atoms with Gasteiger partial charge in [0.15, 0.2) is 0 Å². The Hall–Kier alpha value is -2.07. The van der Waals surface area contributed by atoms with Crippen molar-refractivity contribution in [3.8, 4) is 0 Å². The number of piperidine rings is 1. The van der Waals surface area contributed by atoms with E-state index in [4.69, 9.17) is 9.57 Å². The predicted molar refractivity (Wildman–Crippen MR) is 97.2 cm³/mol. The summed E-state index contributed by atoms with van der Waals surface area (Å²) in [5.41, 5.74) is 1.92. The Kier molecular flexibility index (Phi) is 5.72. The Balaban J connectivity index is 1.45. The highest BCUT2D eigenvalue weighted by atomic mass is 16.7. The van der Waals surface area contributed by atoms with E-state index in [1.807, 2.05) is 20.8 Å². The van der Waals surface area contributed by atoms with Crippen LogP contribution >= 0.6 is 0 Å². The van der Waals surface area contributed by atoms with E-state index in [9.17, 15) is 19.6 Å². The maximum Gasteiger partial charge on any atom is 0.410 e. The second-order valence-corrected chi connectivity index (χ2v) is 8.79. The first-order chi connectivity index (χ1) is 13.1. The molecule has 0 radical (unpaired) electrons. The van der Waals surface area contributed by atoms with Crippen LogP contribution in [0.4, 0.5) is 9.59 Å². The van der Waals surface area contributed by atoms with Gasteiger partial charge in [-0.2, -0.15) is 0 Å². The van der Waals surface area contributed by atoms with E-state index in [-0.39, 0.29) is 30.2 Å². The van der Waals surface area contributed by atoms with Crippen LogP contribution in [0, 0.1) is 0 Å². The van der Waals surface area contributed by atoms with Gasteiger partial charge in [-0.15, -0.1) is 0 Å². The standard InChI is InChI=1S/C18H30N4O6/c1-18(2,3)27-17(25)20(4)11-5-7-13(9-11)28-19-15(23)14-8-6-12-10-21(14)16(24)22(12)26/h11-14,26H,5-10H2,1-4H3,(H,19,23). The first kappa shape index (κ1) is 20.7. The molecule has 2 heterocycles. The Morgan fingerprint density at radius 2 is 1.93 bits per heavy atom. The summed E-state index contributed by atoms with van der Waals surface area (Å²) < 4.78 is 5.39. The average Bonchev–Trinajstić information content (AvgIpc) is 3.18. The molecule has 3 aliphatic rings. The molecule has 3 rings (SSSR count). The van der Waals surface area contributed by atoms with Crippen molar-refractivity contribution >= 4 is 18.0 Å². The van der Waals surface area contributed by atoms with E-state index in [2.05, 4.69) is 5.48 Å². The number of fused-ring (bicyclic) bond motifs is 2. The van der Waals surface area contributed by atoms with Crippen molar-refractivity contribution in [2.45, 2.75) is 82.7 Å². The van der Waals surface area contributed by atoms with Crippen LogP contribution in [0.15, 0.2) is 0 Å². The van der Waals surface area contributed by atoms with Gasteiger partial charge in [-0.05, 0) is 52.9 Å². The Morgan fingerprint density at radius 3 is 2.61 bits per heavy atom. The topological polar surface area (TPSA) is 112 Å². The van der Waals surface area contributed by atoms with Crippen molar-refractivity contribution in [2.75, 3.05) is 13.6 Å². The summed E-state index contributed by atoms with van der Waals surface area (Å²) in [7, 11) is 1.71. The molecule has 2 saturated heterocycles. The maximum absolute atomic E-state index is 12.5. The summed E-state index contributed by atoms with van der Waals surface area (Å²) in [6, 6.07) is -1.43. The van der Waals surface area contributed by atoms with Crippen molar-refractivity contribution in [3.63, 3.8) is 0 Å². The van der Waals surface area contributed by atoms with E-state index < -0.39 is 17.7 Å². The highest BCUT2D eigenvalue weighted by Crippen LogP contribution is 2.29. The largest absolute Gasteiger partial charge is 0.444 e. The Bertz CT molecular complexity index is 636. The third-order valence-corrected chi connectivity index (χ3v) is 5.56. The molecule has 4 atom stereocenters. The molecule has 3 fully saturated rings. The van der Waals surface area contributed by atoms with Crippen LogP contribution in [0.3, 0.4) is 0 Å². The number of hydroxylamine groups is 3. The molecule has 158 valence electrons. The van der Waals surface area contributed by atoms with E-state index in [0.29, 0.717) is 37.3 Å². The van der Waals surface area contributed by atoms with Crippen LogP contribution in [-0.4, -0.2) is 81.5 Å². The normalized spacial score (nSPS) is 29.8. The van der Waals surface area contributed by atoms with Gasteiger partial charge in [-0.25, -0.2) is 20.1 Å². The third kappa shape index (κ3) is 4.33. The number of carbonyl (C=O) groups excluding carboxylic acids is 3. The van der Waals surface area contributed by atoms with Crippen molar-refractivity contribution < 1.29 is 29.2 Å². The fourth-order valence-corrected chi connectivity index (χ4v) is 3.99. The summed E-state index contributed by atoms with van der Waals surface area (Å²) >= 11 is 0. The summed E-state index contributed by atoms with van der Waals surface area (Å²) in [4.78, 5) is 45.1. The molecule has 1 saturated carbocycles. The molecule has 4 unspecified atom stereocenters. The fraction of sp³-hybridized carbons (Fsp3) is 0.833. The summed E-state index contributed by atoms with van der Waals surface area (Å²) in [5, 5.41) is 10.4. The highest BCUT2D eigenvalue weighted by Gasteiger charge is 2.47. The summed E-state index contributed by atoms with van der Waals surface area (Å²) in [6.07, 6.45) is 2.53. The number of urea groups is 1. The number of nitrogens with one attached hydrogen (secondary N) is 1. The molecule has 10 nitrogen and oxygen atoms in total. The Labute approximate surface area is 164 Å². The zero-order valence-corrected chi connectivity index (χ0v) is 16.9. The number of ether oxygens (including phenoxy) is 1. The maximum atomic E-state index is 12.5. The number of carbonyl (C=O) groups is 3.